The zero-order chi connectivity index (χ0) is 20.1. The van der Waals surface area contributed by atoms with Crippen molar-refractivity contribution in [1.29, 1.82) is 0 Å². The Morgan fingerprint density at radius 3 is 2.50 bits per heavy atom. The van der Waals surface area contributed by atoms with Crippen LogP contribution in [0, 0.1) is 0 Å². The number of nitrogens with zero attached hydrogens (tertiary/aromatic N) is 1. The monoisotopic (exact) mass is 394 g/mol. The van der Waals surface area contributed by atoms with E-state index in [1.165, 1.54) is 6.07 Å². The van der Waals surface area contributed by atoms with Gasteiger partial charge in [-0.1, -0.05) is 6.07 Å². The first-order valence-electron chi connectivity index (χ1n) is 9.00. The largest absolute Gasteiger partial charge is 0.497 e. The van der Waals surface area contributed by atoms with Gasteiger partial charge in [-0.3, -0.25) is 4.79 Å². The quantitative estimate of drug-likeness (QED) is 0.825. The third-order valence-corrected chi connectivity index (χ3v) is 4.69. The highest BCUT2D eigenvalue weighted by Crippen LogP contribution is 2.30. The number of ether oxygens (including phenoxy) is 2. The summed E-state index contributed by atoms with van der Waals surface area (Å²) in [6.07, 6.45) is -0.950. The molecular formula is C20H21F3N2O3. The van der Waals surface area contributed by atoms with E-state index in [0.29, 0.717) is 24.2 Å². The topological polar surface area (TPSA) is 60.5 Å². The van der Waals surface area contributed by atoms with Gasteiger partial charge in [0.05, 0.1) is 12.7 Å². The van der Waals surface area contributed by atoms with Crippen LogP contribution in [0.4, 0.5) is 13.2 Å². The third-order valence-electron chi connectivity index (χ3n) is 4.69. The molecule has 1 fully saturated rings. The van der Waals surface area contributed by atoms with Gasteiger partial charge in [-0.2, -0.15) is 13.2 Å². The predicted molar refractivity (Wildman–Crippen MR) is 96.4 cm³/mol. The lowest BCUT2D eigenvalue weighted by atomic mass is 9.92. The van der Waals surface area contributed by atoms with Crippen LogP contribution in [0.1, 0.15) is 41.6 Å². The second kappa shape index (κ2) is 8.50. The molecule has 150 valence electrons. The van der Waals surface area contributed by atoms with E-state index in [1.807, 2.05) is 0 Å². The molecule has 5 nitrogen and oxygen atoms in total. The molecule has 1 aliphatic rings. The first-order chi connectivity index (χ1) is 13.3. The van der Waals surface area contributed by atoms with Crippen LogP contribution in [0.2, 0.25) is 0 Å². The zero-order valence-corrected chi connectivity index (χ0v) is 15.3. The van der Waals surface area contributed by atoms with Crippen molar-refractivity contribution in [2.24, 2.45) is 0 Å². The summed E-state index contributed by atoms with van der Waals surface area (Å²) in [5, 5.41) is 3.00. The van der Waals surface area contributed by atoms with Crippen LogP contribution >= 0.6 is 0 Å². The highest BCUT2D eigenvalue weighted by molar-refractivity contribution is 5.94. The molecule has 2 aromatic rings. The lowest BCUT2D eigenvalue weighted by molar-refractivity contribution is -0.137. The van der Waals surface area contributed by atoms with Crippen LogP contribution in [0.25, 0.3) is 0 Å². The molecule has 1 aliphatic carbocycles. The summed E-state index contributed by atoms with van der Waals surface area (Å²) in [5.41, 5.74) is -0.268. The molecule has 3 rings (SSSR count). The van der Waals surface area contributed by atoms with E-state index in [-0.39, 0.29) is 23.9 Å². The van der Waals surface area contributed by atoms with Gasteiger partial charge < -0.3 is 14.8 Å². The minimum Gasteiger partial charge on any atom is -0.497 e. The number of aromatic nitrogens is 1. The Kier molecular flexibility index (Phi) is 6.06. The van der Waals surface area contributed by atoms with Crippen molar-refractivity contribution < 1.29 is 27.4 Å². The van der Waals surface area contributed by atoms with Crippen molar-refractivity contribution in [2.45, 2.75) is 44.0 Å². The fraction of sp³-hybridized carbons (Fsp3) is 0.400. The number of methoxy groups -OCH3 is 1. The summed E-state index contributed by atoms with van der Waals surface area (Å²) in [6.45, 7) is 0. The van der Waals surface area contributed by atoms with Gasteiger partial charge in [0.1, 0.15) is 11.9 Å². The summed E-state index contributed by atoms with van der Waals surface area (Å²) >= 11 is 0. The second-order valence-electron chi connectivity index (χ2n) is 6.68. The number of pyridine rings is 1. The number of rotatable bonds is 5. The van der Waals surface area contributed by atoms with Gasteiger partial charge in [-0.15, -0.1) is 0 Å². The molecule has 0 saturated heterocycles. The van der Waals surface area contributed by atoms with Gasteiger partial charge in [0.2, 0.25) is 5.88 Å². The van der Waals surface area contributed by atoms with Crippen LogP contribution < -0.4 is 14.8 Å². The number of benzene rings is 1. The van der Waals surface area contributed by atoms with Gasteiger partial charge in [-0.05, 0) is 49.9 Å². The molecule has 0 radical (unpaired) electrons. The molecule has 1 amide bonds. The molecular weight excluding hydrogens is 373 g/mol. The van der Waals surface area contributed by atoms with Gasteiger partial charge in [-0.25, -0.2) is 4.98 Å². The van der Waals surface area contributed by atoms with E-state index in [0.717, 1.165) is 25.1 Å². The Morgan fingerprint density at radius 1 is 1.14 bits per heavy atom. The van der Waals surface area contributed by atoms with E-state index in [2.05, 4.69) is 10.3 Å². The summed E-state index contributed by atoms with van der Waals surface area (Å²) in [6, 6.07) is 9.16. The number of carbonyl (C=O) groups excluding carboxylic acids is 1. The predicted octanol–water partition coefficient (Wildman–Crippen LogP) is 4.23. The molecule has 0 bridgehead atoms. The first kappa shape index (κ1) is 20.0. The van der Waals surface area contributed by atoms with Crippen LogP contribution in [0.3, 0.4) is 0 Å². The average Bonchev–Trinajstić information content (AvgIpc) is 2.69. The molecule has 1 N–H and O–H groups in total. The van der Waals surface area contributed by atoms with Gasteiger partial charge >= 0.3 is 6.18 Å². The first-order valence-corrected chi connectivity index (χ1v) is 9.00. The summed E-state index contributed by atoms with van der Waals surface area (Å²) in [7, 11) is 1.55. The SMILES string of the molecule is COc1cccc(C(=O)NC2CCC(Oc3ccc(C(F)(F)F)cn3)CC2)c1. The van der Waals surface area contributed by atoms with Crippen molar-refractivity contribution >= 4 is 5.91 Å². The molecule has 0 spiro atoms. The molecule has 8 heteroatoms. The maximum absolute atomic E-state index is 12.6. The van der Waals surface area contributed by atoms with E-state index in [9.17, 15) is 18.0 Å². The van der Waals surface area contributed by atoms with Gasteiger partial charge in [0.15, 0.2) is 0 Å². The Labute approximate surface area is 160 Å². The van der Waals surface area contributed by atoms with Crippen molar-refractivity contribution in [2.75, 3.05) is 7.11 Å². The molecule has 1 aromatic carbocycles. The molecule has 1 heterocycles. The molecule has 28 heavy (non-hydrogen) atoms. The Balaban J connectivity index is 1.48. The molecule has 0 unspecified atom stereocenters. The average molecular weight is 394 g/mol. The second-order valence-corrected chi connectivity index (χ2v) is 6.68. The standard InChI is InChI=1S/C20H21F3N2O3/c1-27-17-4-2-3-13(11-17)19(26)25-15-6-8-16(9-7-15)28-18-10-5-14(12-24-18)20(21,22)23/h2-5,10-12,15-16H,6-9H2,1H3,(H,25,26). The van der Waals surface area contributed by atoms with Crippen molar-refractivity contribution in [1.82, 2.24) is 10.3 Å². The Bertz CT molecular complexity index is 801. The van der Waals surface area contributed by atoms with Crippen LogP contribution in [0.5, 0.6) is 11.6 Å². The minimum atomic E-state index is -4.41. The van der Waals surface area contributed by atoms with Crippen LogP contribution in [-0.4, -0.2) is 30.1 Å². The number of alkyl halides is 3. The summed E-state index contributed by atoms with van der Waals surface area (Å²) < 4.78 is 48.5. The van der Waals surface area contributed by atoms with Crippen LogP contribution in [-0.2, 0) is 6.18 Å². The van der Waals surface area contributed by atoms with E-state index in [1.54, 1.807) is 31.4 Å². The number of hydrogen-bond donors (Lipinski definition) is 1. The lowest BCUT2D eigenvalue weighted by Gasteiger charge is -2.29. The zero-order valence-electron chi connectivity index (χ0n) is 15.3. The van der Waals surface area contributed by atoms with Gasteiger partial charge in [0.25, 0.3) is 5.91 Å². The maximum atomic E-state index is 12.6. The summed E-state index contributed by atoms with van der Waals surface area (Å²) in [5.74, 6) is 0.637. The highest BCUT2D eigenvalue weighted by Gasteiger charge is 2.31. The number of hydrogen-bond acceptors (Lipinski definition) is 4. The van der Waals surface area contributed by atoms with E-state index >= 15 is 0 Å². The van der Waals surface area contributed by atoms with Gasteiger partial charge in [0, 0.05) is 23.9 Å². The lowest BCUT2D eigenvalue weighted by Crippen LogP contribution is -2.39. The van der Waals surface area contributed by atoms with E-state index in [4.69, 9.17) is 9.47 Å². The smallest absolute Gasteiger partial charge is 0.417 e. The number of carbonyl (C=O) groups is 1. The fourth-order valence-electron chi connectivity index (χ4n) is 3.15. The summed E-state index contributed by atoms with van der Waals surface area (Å²) in [4.78, 5) is 16.1. The number of amides is 1. The number of halogens is 3. The molecule has 0 atom stereocenters. The normalized spacial score (nSPS) is 19.7. The van der Waals surface area contributed by atoms with E-state index < -0.39 is 11.7 Å². The minimum absolute atomic E-state index is 0.0270. The molecule has 1 saturated carbocycles. The van der Waals surface area contributed by atoms with Crippen molar-refractivity contribution in [3.63, 3.8) is 0 Å². The van der Waals surface area contributed by atoms with Crippen molar-refractivity contribution in [3.8, 4) is 11.6 Å². The Hall–Kier alpha value is -2.77. The Morgan fingerprint density at radius 2 is 1.89 bits per heavy atom. The third kappa shape index (κ3) is 5.15. The van der Waals surface area contributed by atoms with Crippen molar-refractivity contribution in [3.05, 3.63) is 53.7 Å². The van der Waals surface area contributed by atoms with Crippen LogP contribution in [0.15, 0.2) is 42.6 Å². The molecule has 0 aliphatic heterocycles. The highest BCUT2D eigenvalue weighted by atomic mass is 19.4. The maximum Gasteiger partial charge on any atom is 0.417 e. The fourth-order valence-corrected chi connectivity index (χ4v) is 3.15. The number of nitrogens with one attached hydrogen (secondary N) is 1. The molecule has 1 aromatic heterocycles.